The maximum atomic E-state index is 13.0. The van der Waals surface area contributed by atoms with Crippen molar-refractivity contribution < 1.29 is 33.4 Å². The molecule has 4 N–H and O–H groups in total. The number of rotatable bonds is 11. The second-order valence-electron chi connectivity index (χ2n) is 9.74. The summed E-state index contributed by atoms with van der Waals surface area (Å²) in [5, 5.41) is 8.56. The molecule has 0 bridgehead atoms. The average molecular weight is 580 g/mol. The Morgan fingerprint density at radius 3 is 2.60 bits per heavy atom. The zero-order chi connectivity index (χ0) is 30.5. The maximum Gasteiger partial charge on any atom is 0.357 e. The molecule has 2 atom stereocenters. The molecule has 4 rings (SSSR count). The summed E-state index contributed by atoms with van der Waals surface area (Å²) in [5.41, 5.74) is 0.964. The molecule has 1 fully saturated rings. The third-order valence-corrected chi connectivity index (χ3v) is 6.36. The number of nitrogens with zero attached hydrogens (tertiary/aromatic N) is 1. The standard InChI is InChI=1S/C27H29N5O7.C3H8/c1-38-23-9-4-8-18-17(23)13-21(31-18)26(36)30-14-24(34)32-20(12-16-6-5-11-29-25(16)35)22(33)15-39-27(37)19-7-2-3-10-28-19;1-3-2/h2-4,7-10,13,16,20,31H,5-6,11-12,14-15H2,1H3,(H,29,35)(H,30,36)(H,32,34);3H2,1-2H3/t16-,20?;/m0./s1. The van der Waals surface area contributed by atoms with Gasteiger partial charge >= 0.3 is 5.97 Å². The van der Waals surface area contributed by atoms with E-state index in [1.54, 1.807) is 36.4 Å². The number of piperidine rings is 1. The molecule has 3 aromatic rings. The molecule has 0 spiro atoms. The van der Waals surface area contributed by atoms with Crippen molar-refractivity contribution in [2.24, 2.45) is 5.92 Å². The van der Waals surface area contributed by atoms with E-state index in [-0.39, 0.29) is 23.7 Å². The van der Waals surface area contributed by atoms with Crippen LogP contribution < -0.4 is 20.7 Å². The highest BCUT2D eigenvalue weighted by atomic mass is 16.5. The van der Waals surface area contributed by atoms with E-state index in [9.17, 15) is 24.0 Å². The summed E-state index contributed by atoms with van der Waals surface area (Å²) >= 11 is 0. The van der Waals surface area contributed by atoms with Gasteiger partial charge in [0.1, 0.15) is 17.1 Å². The van der Waals surface area contributed by atoms with Crippen LogP contribution in [0.3, 0.4) is 0 Å². The van der Waals surface area contributed by atoms with Crippen LogP contribution in [0.5, 0.6) is 5.75 Å². The monoisotopic (exact) mass is 579 g/mol. The van der Waals surface area contributed by atoms with Crippen LogP contribution >= 0.6 is 0 Å². The van der Waals surface area contributed by atoms with Crippen LogP contribution in [0, 0.1) is 5.92 Å². The van der Waals surface area contributed by atoms with Crippen molar-refractivity contribution in [1.29, 1.82) is 0 Å². The highest BCUT2D eigenvalue weighted by Gasteiger charge is 2.31. The minimum atomic E-state index is -1.10. The van der Waals surface area contributed by atoms with Crippen molar-refractivity contribution in [2.45, 2.75) is 45.6 Å². The number of amides is 3. The van der Waals surface area contributed by atoms with Gasteiger partial charge in [-0.15, -0.1) is 0 Å². The first-order valence-corrected chi connectivity index (χ1v) is 13.9. The summed E-state index contributed by atoms with van der Waals surface area (Å²) in [7, 11) is 1.53. The van der Waals surface area contributed by atoms with Crippen molar-refractivity contribution in [3.63, 3.8) is 0 Å². The Morgan fingerprint density at radius 2 is 1.90 bits per heavy atom. The summed E-state index contributed by atoms with van der Waals surface area (Å²) in [4.78, 5) is 69.7. The van der Waals surface area contributed by atoms with Crippen LogP contribution in [-0.4, -0.2) is 72.3 Å². The summed E-state index contributed by atoms with van der Waals surface area (Å²) < 4.78 is 10.4. The van der Waals surface area contributed by atoms with E-state index in [0.717, 1.165) is 6.42 Å². The molecule has 42 heavy (non-hydrogen) atoms. The second kappa shape index (κ2) is 15.9. The van der Waals surface area contributed by atoms with Gasteiger partial charge in [-0.05, 0) is 49.6 Å². The molecule has 0 saturated carbocycles. The number of H-pyrrole nitrogens is 1. The molecule has 224 valence electrons. The molecule has 1 aromatic carbocycles. The Kier molecular flexibility index (Phi) is 12.0. The van der Waals surface area contributed by atoms with Crippen molar-refractivity contribution >= 4 is 40.4 Å². The maximum absolute atomic E-state index is 13.0. The molecule has 0 aliphatic carbocycles. The highest BCUT2D eigenvalue weighted by molar-refractivity contribution is 6.01. The number of benzene rings is 1. The summed E-state index contributed by atoms with van der Waals surface area (Å²) in [5.74, 6) is -2.63. The first kappa shape index (κ1) is 31.8. The fourth-order valence-electron chi connectivity index (χ4n) is 4.34. The van der Waals surface area contributed by atoms with Crippen LogP contribution in [0.25, 0.3) is 10.9 Å². The molecule has 12 nitrogen and oxygen atoms in total. The number of esters is 1. The van der Waals surface area contributed by atoms with Crippen LogP contribution in [0.15, 0.2) is 48.7 Å². The smallest absolute Gasteiger partial charge is 0.357 e. The molecule has 1 aliphatic rings. The fraction of sp³-hybridized carbons (Fsp3) is 0.400. The lowest BCUT2D eigenvalue weighted by Crippen LogP contribution is -2.49. The predicted molar refractivity (Wildman–Crippen MR) is 155 cm³/mol. The van der Waals surface area contributed by atoms with Gasteiger partial charge in [0.2, 0.25) is 11.8 Å². The van der Waals surface area contributed by atoms with Gasteiger partial charge in [0.15, 0.2) is 12.4 Å². The molecule has 1 saturated heterocycles. The number of ether oxygens (including phenoxy) is 2. The molecule has 12 heteroatoms. The zero-order valence-electron chi connectivity index (χ0n) is 24.0. The fourth-order valence-corrected chi connectivity index (χ4v) is 4.34. The Hall–Kier alpha value is -4.74. The number of hydrogen-bond acceptors (Lipinski definition) is 8. The Balaban J connectivity index is 0.00000155. The molecule has 1 aliphatic heterocycles. The average Bonchev–Trinajstić information content (AvgIpc) is 3.45. The topological polar surface area (TPSA) is 169 Å². The van der Waals surface area contributed by atoms with Crippen molar-refractivity contribution in [1.82, 2.24) is 25.9 Å². The first-order valence-electron chi connectivity index (χ1n) is 13.9. The number of nitrogens with one attached hydrogen (secondary N) is 4. The van der Waals surface area contributed by atoms with Crippen LogP contribution in [0.4, 0.5) is 0 Å². The number of pyridine rings is 1. The van der Waals surface area contributed by atoms with Crippen molar-refractivity contribution in [3.8, 4) is 5.75 Å². The summed E-state index contributed by atoms with van der Waals surface area (Å²) in [6.45, 7) is 3.77. The summed E-state index contributed by atoms with van der Waals surface area (Å²) in [6.07, 6.45) is 4.00. The molecule has 3 heterocycles. The van der Waals surface area contributed by atoms with E-state index in [4.69, 9.17) is 9.47 Å². The van der Waals surface area contributed by atoms with Gasteiger partial charge in [-0.25, -0.2) is 9.78 Å². The van der Waals surface area contributed by atoms with E-state index in [1.165, 1.54) is 25.8 Å². The SMILES string of the molecule is CCC.COc1cccc2[nH]c(C(=O)NCC(=O)NC(C[C@@H]3CCCNC3=O)C(=O)COC(=O)c3ccccn3)cc12. The minimum absolute atomic E-state index is 0.0350. The van der Waals surface area contributed by atoms with Gasteiger partial charge in [0.25, 0.3) is 5.91 Å². The number of carbonyl (C=O) groups is 5. The van der Waals surface area contributed by atoms with Gasteiger partial charge in [-0.1, -0.05) is 32.4 Å². The predicted octanol–water partition coefficient (Wildman–Crippen LogP) is 2.54. The number of aromatic amines is 1. The van der Waals surface area contributed by atoms with Crippen molar-refractivity contribution in [3.05, 3.63) is 60.0 Å². The zero-order valence-corrected chi connectivity index (χ0v) is 24.0. The molecule has 1 unspecified atom stereocenters. The lowest BCUT2D eigenvalue weighted by Gasteiger charge is -2.26. The van der Waals surface area contributed by atoms with Gasteiger partial charge < -0.3 is 30.4 Å². The number of hydrogen-bond donors (Lipinski definition) is 4. The van der Waals surface area contributed by atoms with E-state index in [2.05, 4.69) is 39.8 Å². The number of methoxy groups -OCH3 is 1. The van der Waals surface area contributed by atoms with Gasteiger partial charge in [-0.3, -0.25) is 19.2 Å². The number of aromatic nitrogens is 2. The van der Waals surface area contributed by atoms with Crippen LogP contribution in [0.2, 0.25) is 0 Å². The number of fused-ring (bicyclic) bond motifs is 1. The minimum Gasteiger partial charge on any atom is -0.496 e. The third kappa shape index (κ3) is 8.88. The number of ketones is 1. The number of carbonyl (C=O) groups excluding carboxylic acids is 5. The van der Waals surface area contributed by atoms with Gasteiger partial charge in [-0.2, -0.15) is 0 Å². The lowest BCUT2D eigenvalue weighted by atomic mass is 9.90. The highest BCUT2D eigenvalue weighted by Crippen LogP contribution is 2.26. The molecule has 2 aromatic heterocycles. The van der Waals surface area contributed by atoms with E-state index < -0.39 is 48.7 Å². The Bertz CT molecular complexity index is 1390. The van der Waals surface area contributed by atoms with E-state index in [1.807, 2.05) is 0 Å². The third-order valence-electron chi connectivity index (χ3n) is 6.36. The molecular weight excluding hydrogens is 542 g/mol. The second-order valence-corrected chi connectivity index (χ2v) is 9.74. The van der Waals surface area contributed by atoms with E-state index >= 15 is 0 Å². The van der Waals surface area contributed by atoms with Gasteiger partial charge in [0, 0.05) is 29.6 Å². The molecule has 3 amide bonds. The Morgan fingerprint density at radius 1 is 1.12 bits per heavy atom. The van der Waals surface area contributed by atoms with Crippen LogP contribution in [-0.2, 0) is 19.1 Å². The molecule has 0 radical (unpaired) electrons. The largest absolute Gasteiger partial charge is 0.496 e. The van der Waals surface area contributed by atoms with E-state index in [0.29, 0.717) is 29.6 Å². The quantitative estimate of drug-likeness (QED) is 0.251. The van der Waals surface area contributed by atoms with Crippen molar-refractivity contribution in [2.75, 3.05) is 26.8 Å². The summed E-state index contributed by atoms with van der Waals surface area (Å²) in [6, 6.07) is 10.5. The number of Topliss-reactive ketones (excluding diaryl/α,β-unsaturated/α-hetero) is 1. The normalized spacial score (nSPS) is 14.9. The first-order chi connectivity index (χ1) is 20.3. The van der Waals surface area contributed by atoms with Crippen LogP contribution in [0.1, 0.15) is 60.5 Å². The van der Waals surface area contributed by atoms with Gasteiger partial charge in [0.05, 0.1) is 19.7 Å². The molecular formula is C30H37N5O7. The Labute approximate surface area is 243 Å². The lowest BCUT2D eigenvalue weighted by molar-refractivity contribution is -0.132.